The van der Waals surface area contributed by atoms with Gasteiger partial charge in [-0.1, -0.05) is 41.7 Å². The highest BCUT2D eigenvalue weighted by molar-refractivity contribution is 7.16. The lowest BCUT2D eigenvalue weighted by molar-refractivity contribution is -0.113. The summed E-state index contributed by atoms with van der Waals surface area (Å²) in [6.45, 7) is 8.12. The smallest absolute Gasteiger partial charge is 0.272 e. The van der Waals surface area contributed by atoms with E-state index >= 15 is 0 Å². The van der Waals surface area contributed by atoms with Crippen molar-refractivity contribution in [2.45, 2.75) is 27.3 Å². The van der Waals surface area contributed by atoms with Gasteiger partial charge >= 0.3 is 0 Å². The van der Waals surface area contributed by atoms with Crippen LogP contribution in [0.25, 0.3) is 16.3 Å². The summed E-state index contributed by atoms with van der Waals surface area (Å²) in [5.74, 6) is -0.260. The van der Waals surface area contributed by atoms with Crippen molar-refractivity contribution < 1.29 is 9.53 Å². The number of aryl methyl sites for hydroxylation is 2. The van der Waals surface area contributed by atoms with E-state index < -0.39 is 0 Å². The molecule has 3 rings (SSSR count). The molecular weight excluding hydrogens is 356 g/mol. The maximum absolute atomic E-state index is 12.4. The first-order chi connectivity index (χ1) is 13.1. The number of carbonyl (C=O) groups is 1. The van der Waals surface area contributed by atoms with E-state index in [9.17, 15) is 4.79 Å². The molecule has 0 atom stereocenters. The van der Waals surface area contributed by atoms with Crippen molar-refractivity contribution >= 4 is 33.5 Å². The van der Waals surface area contributed by atoms with Gasteiger partial charge in [0.25, 0.3) is 5.91 Å². The summed E-state index contributed by atoms with van der Waals surface area (Å²) in [6, 6.07) is 14.1. The molecule has 0 unspecified atom stereocenters. The summed E-state index contributed by atoms with van der Waals surface area (Å²) in [5, 5.41) is 0. The van der Waals surface area contributed by atoms with E-state index in [1.165, 1.54) is 17.2 Å². The summed E-state index contributed by atoms with van der Waals surface area (Å²) in [7, 11) is 0. The molecule has 1 heterocycles. The molecular formula is C22H24N2O2S. The molecule has 3 aromatic rings. The Bertz CT molecular complexity index is 1030. The number of carbonyl (C=O) groups excluding carboxylic acids is 1. The molecule has 0 aliphatic rings. The Morgan fingerprint density at radius 3 is 2.67 bits per heavy atom. The number of hydrogen-bond acceptors (Lipinski definition) is 3. The van der Waals surface area contributed by atoms with Crippen LogP contribution in [0.5, 0.6) is 0 Å². The predicted octanol–water partition coefficient (Wildman–Crippen LogP) is 4.50. The Morgan fingerprint density at radius 1 is 1.19 bits per heavy atom. The number of thiazole rings is 1. The van der Waals surface area contributed by atoms with Crippen molar-refractivity contribution in [1.82, 2.24) is 4.57 Å². The molecule has 0 spiro atoms. The van der Waals surface area contributed by atoms with Crippen molar-refractivity contribution in [2.75, 3.05) is 13.2 Å². The maximum atomic E-state index is 12.4. The number of hydrogen-bond donors (Lipinski definition) is 0. The predicted molar refractivity (Wildman–Crippen MR) is 112 cm³/mol. The third-order valence-corrected chi connectivity index (χ3v) is 5.43. The number of nitrogens with zero attached hydrogens (tertiary/aromatic N) is 2. The van der Waals surface area contributed by atoms with E-state index in [-0.39, 0.29) is 5.91 Å². The Kier molecular flexibility index (Phi) is 6.37. The quantitative estimate of drug-likeness (QED) is 0.467. The van der Waals surface area contributed by atoms with Crippen molar-refractivity contribution in [3.63, 3.8) is 0 Å². The topological polar surface area (TPSA) is 43.6 Å². The third kappa shape index (κ3) is 4.81. The standard InChI is InChI=1S/C22H24N2O2S/c1-4-26-13-12-24-19-14-16(2)17(3)15-20(19)27-22(24)23-21(25)11-10-18-8-6-5-7-9-18/h5-11,14-15H,4,12-13H2,1-3H3/b11-10+,23-22?. The monoisotopic (exact) mass is 380 g/mol. The van der Waals surface area contributed by atoms with Crippen LogP contribution in [0.15, 0.2) is 53.5 Å². The first-order valence-electron chi connectivity index (χ1n) is 9.08. The Balaban J connectivity index is 1.98. The van der Waals surface area contributed by atoms with Gasteiger partial charge in [0.2, 0.25) is 0 Å². The third-order valence-electron chi connectivity index (χ3n) is 4.39. The molecule has 27 heavy (non-hydrogen) atoms. The van der Waals surface area contributed by atoms with Gasteiger partial charge in [-0.25, -0.2) is 0 Å². The van der Waals surface area contributed by atoms with Crippen LogP contribution < -0.4 is 4.80 Å². The van der Waals surface area contributed by atoms with E-state index in [0.29, 0.717) is 24.6 Å². The normalized spacial score (nSPS) is 12.3. The van der Waals surface area contributed by atoms with Gasteiger partial charge in [-0.05, 0) is 55.7 Å². The second kappa shape index (κ2) is 8.93. The SMILES string of the molecule is CCOCCn1c(=NC(=O)/C=C/c2ccccc2)sc2cc(C)c(C)cc21. The Hall–Kier alpha value is -2.50. The summed E-state index contributed by atoms with van der Waals surface area (Å²) in [6.07, 6.45) is 3.31. The van der Waals surface area contributed by atoms with E-state index in [2.05, 4.69) is 35.5 Å². The number of amides is 1. The van der Waals surface area contributed by atoms with Crippen LogP contribution in [0.4, 0.5) is 0 Å². The molecule has 0 aliphatic carbocycles. The highest BCUT2D eigenvalue weighted by Crippen LogP contribution is 2.22. The second-order valence-corrected chi connectivity index (χ2v) is 7.34. The number of fused-ring (bicyclic) bond motifs is 1. The highest BCUT2D eigenvalue weighted by Gasteiger charge is 2.09. The van der Waals surface area contributed by atoms with Crippen molar-refractivity contribution in [3.05, 3.63) is 70.0 Å². The molecule has 1 amide bonds. The number of aromatic nitrogens is 1. The van der Waals surface area contributed by atoms with E-state index in [1.807, 2.05) is 37.3 Å². The van der Waals surface area contributed by atoms with Gasteiger partial charge in [0.15, 0.2) is 4.80 Å². The number of rotatable bonds is 6. The van der Waals surface area contributed by atoms with Gasteiger partial charge in [0.05, 0.1) is 16.8 Å². The molecule has 0 radical (unpaired) electrons. The Labute approximate surface area is 163 Å². The van der Waals surface area contributed by atoms with Crippen LogP contribution in [0, 0.1) is 13.8 Å². The molecule has 0 aliphatic heterocycles. The lowest BCUT2D eigenvalue weighted by atomic mass is 10.1. The summed E-state index contributed by atoms with van der Waals surface area (Å²) in [5.41, 5.74) is 4.55. The fourth-order valence-electron chi connectivity index (χ4n) is 2.79. The van der Waals surface area contributed by atoms with Crippen LogP contribution in [-0.2, 0) is 16.1 Å². The molecule has 0 fully saturated rings. The fourth-order valence-corrected chi connectivity index (χ4v) is 3.93. The number of benzene rings is 2. The molecule has 0 saturated carbocycles. The average molecular weight is 381 g/mol. The van der Waals surface area contributed by atoms with Gasteiger partial charge in [-0.15, -0.1) is 0 Å². The van der Waals surface area contributed by atoms with Crippen LogP contribution in [0.1, 0.15) is 23.6 Å². The lowest BCUT2D eigenvalue weighted by Crippen LogP contribution is -2.19. The molecule has 0 saturated heterocycles. The van der Waals surface area contributed by atoms with Crippen LogP contribution in [0.3, 0.4) is 0 Å². The van der Waals surface area contributed by atoms with Gasteiger partial charge in [0.1, 0.15) is 0 Å². The highest BCUT2D eigenvalue weighted by atomic mass is 32.1. The number of ether oxygens (including phenoxy) is 1. The summed E-state index contributed by atoms with van der Waals surface area (Å²) in [4.78, 5) is 17.4. The van der Waals surface area contributed by atoms with Crippen LogP contribution >= 0.6 is 11.3 Å². The van der Waals surface area contributed by atoms with Crippen molar-refractivity contribution in [1.29, 1.82) is 0 Å². The maximum Gasteiger partial charge on any atom is 0.272 e. The zero-order chi connectivity index (χ0) is 19.2. The van der Waals surface area contributed by atoms with Crippen molar-refractivity contribution in [2.24, 2.45) is 4.99 Å². The van der Waals surface area contributed by atoms with E-state index in [1.54, 1.807) is 17.4 Å². The first-order valence-corrected chi connectivity index (χ1v) is 9.90. The van der Waals surface area contributed by atoms with Gasteiger partial charge in [-0.3, -0.25) is 4.79 Å². The summed E-state index contributed by atoms with van der Waals surface area (Å²) < 4.78 is 8.73. The van der Waals surface area contributed by atoms with Gasteiger partial charge < -0.3 is 9.30 Å². The van der Waals surface area contributed by atoms with E-state index in [4.69, 9.17) is 4.74 Å². The fraction of sp³-hybridized carbons (Fsp3) is 0.273. The van der Waals surface area contributed by atoms with Crippen LogP contribution in [-0.4, -0.2) is 23.7 Å². The molecule has 0 bridgehead atoms. The van der Waals surface area contributed by atoms with Crippen LogP contribution in [0.2, 0.25) is 0 Å². The zero-order valence-electron chi connectivity index (χ0n) is 15.9. The Morgan fingerprint density at radius 2 is 1.93 bits per heavy atom. The van der Waals surface area contributed by atoms with E-state index in [0.717, 1.165) is 15.8 Å². The minimum atomic E-state index is -0.260. The molecule has 5 heteroatoms. The molecule has 4 nitrogen and oxygen atoms in total. The second-order valence-electron chi connectivity index (χ2n) is 6.33. The molecule has 0 N–H and O–H groups in total. The molecule has 140 valence electrons. The minimum Gasteiger partial charge on any atom is -0.380 e. The lowest BCUT2D eigenvalue weighted by Gasteiger charge is -2.07. The van der Waals surface area contributed by atoms with Gasteiger partial charge in [-0.2, -0.15) is 4.99 Å². The van der Waals surface area contributed by atoms with Crippen molar-refractivity contribution in [3.8, 4) is 0 Å². The molecule has 2 aromatic carbocycles. The molecule has 1 aromatic heterocycles. The largest absolute Gasteiger partial charge is 0.380 e. The van der Waals surface area contributed by atoms with Gasteiger partial charge in [0, 0.05) is 19.2 Å². The first kappa shape index (κ1) is 19.3. The average Bonchev–Trinajstić information content (AvgIpc) is 2.98. The summed E-state index contributed by atoms with van der Waals surface area (Å²) >= 11 is 1.54. The minimum absolute atomic E-state index is 0.260. The zero-order valence-corrected chi connectivity index (χ0v) is 16.8.